The number of hydrogen-bond donors (Lipinski definition) is 0. The highest BCUT2D eigenvalue weighted by atomic mass is 16.4. The van der Waals surface area contributed by atoms with E-state index in [0.717, 1.165) is 23.7 Å². The van der Waals surface area contributed by atoms with E-state index in [0.29, 0.717) is 22.7 Å². The molecule has 0 amide bonds. The van der Waals surface area contributed by atoms with Gasteiger partial charge in [0.1, 0.15) is 0 Å². The van der Waals surface area contributed by atoms with Crippen LogP contribution in [0.5, 0.6) is 0 Å². The molecule has 1 nitrogen and oxygen atoms in total. The molecule has 0 spiro atoms. The minimum Gasteiger partial charge on any atom is -0.430 e. The van der Waals surface area contributed by atoms with E-state index in [-0.39, 0.29) is 6.92 Å². The Labute approximate surface area is 143 Å². The molecule has 6 atom stereocenters. The lowest BCUT2D eigenvalue weighted by molar-refractivity contribution is -0.0317. The summed E-state index contributed by atoms with van der Waals surface area (Å²) in [5.41, 5.74) is 4.17. The fraction of sp³-hybridized carbons (Fsp3) is 0.810. The van der Waals surface area contributed by atoms with Crippen molar-refractivity contribution in [2.45, 2.75) is 54.4 Å². The second-order valence-corrected chi connectivity index (χ2v) is 10.1. The maximum absolute atomic E-state index is 6.11. The number of hydrogen-bond acceptors (Lipinski definition) is 1. The zero-order valence-corrected chi connectivity index (χ0v) is 16.0. The maximum atomic E-state index is 6.11. The van der Waals surface area contributed by atoms with Crippen molar-refractivity contribution >= 4 is 6.92 Å². The van der Waals surface area contributed by atoms with E-state index in [1.807, 2.05) is 7.11 Å². The van der Waals surface area contributed by atoms with Gasteiger partial charge in [-0.1, -0.05) is 64.6 Å². The van der Waals surface area contributed by atoms with E-state index in [1.165, 1.54) is 12.8 Å². The van der Waals surface area contributed by atoms with Crippen LogP contribution in [0.3, 0.4) is 0 Å². The van der Waals surface area contributed by atoms with E-state index >= 15 is 0 Å². The number of fused-ring (bicyclic) bond motifs is 2. The summed E-state index contributed by atoms with van der Waals surface area (Å²) in [5, 5.41) is 0. The molecule has 6 aliphatic rings. The van der Waals surface area contributed by atoms with Crippen LogP contribution in [0.4, 0.5) is 0 Å². The molecular formula is C21H33BO. The van der Waals surface area contributed by atoms with Gasteiger partial charge in [0.2, 0.25) is 0 Å². The first-order valence-electron chi connectivity index (χ1n) is 9.65. The molecular weight excluding hydrogens is 279 g/mol. The van der Waals surface area contributed by atoms with Crippen LogP contribution in [0.1, 0.15) is 54.4 Å². The van der Waals surface area contributed by atoms with Gasteiger partial charge in [-0.2, -0.15) is 0 Å². The Bertz CT molecular complexity index is 535. The first kappa shape index (κ1) is 16.0. The average molecular weight is 312 g/mol. The number of allylic oxidation sites excluding steroid dienone is 4. The summed E-state index contributed by atoms with van der Waals surface area (Å²) < 4.78 is 6.11. The SMILES string of the molecule is COB(C1=CC2CC(C1C)C2(C)C)C1=CC2CC(C1C)C2(C)C. The van der Waals surface area contributed by atoms with Crippen LogP contribution in [0.2, 0.25) is 0 Å². The summed E-state index contributed by atoms with van der Waals surface area (Å²) in [6.07, 6.45) is 7.97. The molecule has 2 fully saturated rings. The Morgan fingerprint density at radius 2 is 1.26 bits per heavy atom. The van der Waals surface area contributed by atoms with Gasteiger partial charge in [-0.3, -0.25) is 0 Å². The van der Waals surface area contributed by atoms with Crippen LogP contribution in [0, 0.1) is 46.3 Å². The van der Waals surface area contributed by atoms with Crippen LogP contribution in [0.25, 0.3) is 0 Å². The van der Waals surface area contributed by atoms with Gasteiger partial charge in [0.15, 0.2) is 0 Å². The second kappa shape index (κ2) is 4.78. The van der Waals surface area contributed by atoms with E-state index in [4.69, 9.17) is 4.65 Å². The Balaban J connectivity index is 1.66. The lowest BCUT2D eigenvalue weighted by Crippen LogP contribution is -2.55. The summed E-state index contributed by atoms with van der Waals surface area (Å²) in [7, 11) is 1.92. The van der Waals surface area contributed by atoms with E-state index in [2.05, 4.69) is 53.7 Å². The van der Waals surface area contributed by atoms with Crippen molar-refractivity contribution in [3.05, 3.63) is 23.1 Å². The fourth-order valence-corrected chi connectivity index (χ4v) is 6.60. The fourth-order valence-electron chi connectivity index (χ4n) is 6.60. The smallest absolute Gasteiger partial charge is 0.352 e. The van der Waals surface area contributed by atoms with Crippen molar-refractivity contribution in [3.63, 3.8) is 0 Å². The highest BCUT2D eigenvalue weighted by Crippen LogP contribution is 2.63. The van der Waals surface area contributed by atoms with Gasteiger partial charge in [-0.05, 0) is 59.2 Å². The molecule has 0 aliphatic heterocycles. The minimum absolute atomic E-state index is 0.239. The van der Waals surface area contributed by atoms with Gasteiger partial charge >= 0.3 is 6.92 Å². The van der Waals surface area contributed by atoms with Crippen LogP contribution in [0.15, 0.2) is 23.1 Å². The Morgan fingerprint density at radius 1 is 0.870 bits per heavy atom. The van der Waals surface area contributed by atoms with Crippen molar-refractivity contribution in [2.75, 3.05) is 7.11 Å². The van der Waals surface area contributed by atoms with Crippen molar-refractivity contribution in [2.24, 2.45) is 46.3 Å². The molecule has 0 saturated heterocycles. The van der Waals surface area contributed by atoms with E-state index in [1.54, 1.807) is 10.9 Å². The van der Waals surface area contributed by atoms with Gasteiger partial charge < -0.3 is 4.65 Å². The molecule has 4 bridgehead atoms. The molecule has 2 heteroatoms. The van der Waals surface area contributed by atoms with E-state index < -0.39 is 0 Å². The van der Waals surface area contributed by atoms with Gasteiger partial charge in [0.05, 0.1) is 0 Å². The van der Waals surface area contributed by atoms with Gasteiger partial charge in [-0.25, -0.2) is 0 Å². The molecule has 0 heterocycles. The lowest BCUT2D eigenvalue weighted by Gasteiger charge is -2.61. The van der Waals surface area contributed by atoms with Crippen molar-refractivity contribution in [1.82, 2.24) is 0 Å². The minimum atomic E-state index is 0.239. The summed E-state index contributed by atoms with van der Waals surface area (Å²) >= 11 is 0. The van der Waals surface area contributed by atoms with Crippen LogP contribution in [-0.4, -0.2) is 14.0 Å². The third kappa shape index (κ3) is 1.91. The molecule has 2 saturated carbocycles. The molecule has 126 valence electrons. The second-order valence-electron chi connectivity index (χ2n) is 10.1. The van der Waals surface area contributed by atoms with Crippen molar-refractivity contribution in [3.8, 4) is 0 Å². The highest BCUT2D eigenvalue weighted by molar-refractivity contribution is 6.68. The van der Waals surface area contributed by atoms with Gasteiger partial charge in [0, 0.05) is 7.11 Å². The predicted molar refractivity (Wildman–Crippen MR) is 98.0 cm³/mol. The van der Waals surface area contributed by atoms with Crippen LogP contribution < -0.4 is 0 Å². The predicted octanol–water partition coefficient (Wildman–Crippen LogP) is 5.18. The van der Waals surface area contributed by atoms with Crippen molar-refractivity contribution < 1.29 is 4.65 Å². The standard InChI is InChI=1S/C21H33BO/c1-12-16-8-14(20(16,3)4)10-18(12)22(23-7)19-11-15-9-17(13(19)2)21(15,5)6/h10-17H,8-9H2,1-7H3. The summed E-state index contributed by atoms with van der Waals surface area (Å²) in [6.45, 7) is 14.9. The summed E-state index contributed by atoms with van der Waals surface area (Å²) in [5.74, 6) is 4.55. The van der Waals surface area contributed by atoms with Crippen molar-refractivity contribution in [1.29, 1.82) is 0 Å². The summed E-state index contributed by atoms with van der Waals surface area (Å²) in [6, 6.07) is 0. The topological polar surface area (TPSA) is 9.23 Å². The lowest BCUT2D eigenvalue weighted by atomic mass is 9.34. The molecule has 6 aliphatic carbocycles. The molecule has 6 unspecified atom stereocenters. The zero-order valence-electron chi connectivity index (χ0n) is 16.0. The molecule has 0 aromatic rings. The van der Waals surface area contributed by atoms with Gasteiger partial charge in [0.25, 0.3) is 0 Å². The normalized spacial score (nSPS) is 45.3. The molecule has 0 aromatic heterocycles. The maximum Gasteiger partial charge on any atom is 0.352 e. The largest absolute Gasteiger partial charge is 0.430 e. The van der Waals surface area contributed by atoms with Crippen LogP contribution in [-0.2, 0) is 4.65 Å². The zero-order chi connectivity index (χ0) is 16.7. The Morgan fingerprint density at radius 3 is 1.52 bits per heavy atom. The summed E-state index contributed by atoms with van der Waals surface area (Å²) in [4.78, 5) is 0. The first-order chi connectivity index (χ1) is 10.7. The third-order valence-corrected chi connectivity index (χ3v) is 8.73. The third-order valence-electron chi connectivity index (χ3n) is 8.73. The molecule has 0 N–H and O–H groups in total. The van der Waals surface area contributed by atoms with Gasteiger partial charge in [-0.15, -0.1) is 0 Å². The number of rotatable bonds is 3. The molecule has 23 heavy (non-hydrogen) atoms. The Hall–Kier alpha value is -0.495. The quantitative estimate of drug-likeness (QED) is 0.652. The molecule has 0 radical (unpaired) electrons. The molecule has 6 rings (SSSR count). The van der Waals surface area contributed by atoms with E-state index in [9.17, 15) is 0 Å². The first-order valence-corrected chi connectivity index (χ1v) is 9.65. The highest BCUT2D eigenvalue weighted by Gasteiger charge is 2.58. The average Bonchev–Trinajstić information content (AvgIpc) is 2.49. The molecule has 0 aromatic carbocycles. The Kier molecular flexibility index (Phi) is 3.32. The van der Waals surface area contributed by atoms with Crippen LogP contribution >= 0.6 is 0 Å². The monoisotopic (exact) mass is 312 g/mol.